The van der Waals surface area contributed by atoms with E-state index >= 15 is 0 Å². The van der Waals surface area contributed by atoms with E-state index in [9.17, 15) is 4.79 Å². The molecule has 0 unspecified atom stereocenters. The molecule has 1 aromatic heterocycles. The normalized spacial score (nSPS) is 21.7. The highest BCUT2D eigenvalue weighted by molar-refractivity contribution is 7.13. The van der Waals surface area contributed by atoms with Gasteiger partial charge in [0.25, 0.3) is 5.91 Å². The minimum atomic E-state index is 0.0810. The van der Waals surface area contributed by atoms with Crippen molar-refractivity contribution in [3.8, 4) is 0 Å². The van der Waals surface area contributed by atoms with Gasteiger partial charge < -0.3 is 10.6 Å². The van der Waals surface area contributed by atoms with E-state index in [0.29, 0.717) is 18.4 Å². The summed E-state index contributed by atoms with van der Waals surface area (Å²) in [4.78, 5) is 19.4. The number of rotatable bonds is 3. The average molecular weight is 301 g/mol. The fourth-order valence-corrected chi connectivity index (χ4v) is 3.72. The Balaban J connectivity index is 1.79. The summed E-state index contributed by atoms with van der Waals surface area (Å²) >= 11 is 1.45. The average Bonchev–Trinajstić information content (AvgIpc) is 3.13. The van der Waals surface area contributed by atoms with Gasteiger partial charge in [0.2, 0.25) is 0 Å². The lowest BCUT2D eigenvalue weighted by Crippen LogP contribution is -2.29. The third-order valence-corrected chi connectivity index (χ3v) is 4.99. The molecule has 21 heavy (non-hydrogen) atoms. The van der Waals surface area contributed by atoms with Crippen LogP contribution in [0.5, 0.6) is 0 Å². The van der Waals surface area contributed by atoms with Crippen LogP contribution in [0, 0.1) is 12.8 Å². The summed E-state index contributed by atoms with van der Waals surface area (Å²) in [5.74, 6) is 0.733. The van der Waals surface area contributed by atoms with Crippen molar-refractivity contribution in [3.63, 3.8) is 0 Å². The SMILES string of the molecule is Cc1ncc(C(=O)N2C[C@@H](CN)[C@H](c3ccccc3)C2)s1. The smallest absolute Gasteiger partial charge is 0.265 e. The van der Waals surface area contributed by atoms with Crippen LogP contribution in [0.2, 0.25) is 0 Å². The lowest BCUT2D eigenvalue weighted by molar-refractivity contribution is 0.0791. The minimum Gasteiger partial charge on any atom is -0.337 e. The second-order valence-corrected chi connectivity index (χ2v) is 6.70. The third kappa shape index (κ3) is 2.84. The maximum Gasteiger partial charge on any atom is 0.265 e. The van der Waals surface area contributed by atoms with E-state index in [1.807, 2.05) is 30.0 Å². The summed E-state index contributed by atoms with van der Waals surface area (Å²) in [6.07, 6.45) is 1.68. The van der Waals surface area contributed by atoms with Crippen molar-refractivity contribution in [3.05, 3.63) is 52.0 Å². The Bertz CT molecular complexity index is 625. The maximum absolute atomic E-state index is 12.6. The summed E-state index contributed by atoms with van der Waals surface area (Å²) in [6.45, 7) is 3.99. The number of aromatic nitrogens is 1. The van der Waals surface area contributed by atoms with Gasteiger partial charge in [-0.2, -0.15) is 0 Å². The highest BCUT2D eigenvalue weighted by atomic mass is 32.1. The Labute approximate surface area is 128 Å². The number of hydrogen-bond donors (Lipinski definition) is 1. The molecule has 2 N–H and O–H groups in total. The summed E-state index contributed by atoms with van der Waals surface area (Å²) < 4.78 is 0. The molecule has 0 radical (unpaired) electrons. The van der Waals surface area contributed by atoms with Crippen LogP contribution >= 0.6 is 11.3 Å². The molecule has 0 aliphatic carbocycles. The molecule has 2 aromatic rings. The van der Waals surface area contributed by atoms with Gasteiger partial charge in [-0.3, -0.25) is 4.79 Å². The van der Waals surface area contributed by atoms with E-state index in [4.69, 9.17) is 5.73 Å². The van der Waals surface area contributed by atoms with Crippen LogP contribution in [0.4, 0.5) is 0 Å². The monoisotopic (exact) mass is 301 g/mol. The van der Waals surface area contributed by atoms with Crippen LogP contribution in [0.15, 0.2) is 36.5 Å². The number of nitrogens with two attached hydrogens (primary N) is 1. The van der Waals surface area contributed by atoms with Crippen LogP contribution in [-0.4, -0.2) is 35.4 Å². The number of hydrogen-bond acceptors (Lipinski definition) is 4. The number of amides is 1. The Morgan fingerprint density at radius 3 is 2.76 bits per heavy atom. The zero-order valence-electron chi connectivity index (χ0n) is 12.0. The largest absolute Gasteiger partial charge is 0.337 e. The zero-order valence-corrected chi connectivity index (χ0v) is 12.8. The molecule has 0 spiro atoms. The van der Waals surface area contributed by atoms with Gasteiger partial charge in [-0.1, -0.05) is 30.3 Å². The maximum atomic E-state index is 12.6. The summed E-state index contributed by atoms with van der Waals surface area (Å²) in [5, 5.41) is 0.924. The first kappa shape index (κ1) is 14.2. The predicted molar refractivity (Wildman–Crippen MR) is 84.5 cm³/mol. The van der Waals surface area contributed by atoms with Gasteiger partial charge in [0.15, 0.2) is 0 Å². The standard InChI is InChI=1S/C16H19N3OS/c1-11-18-8-15(21-11)16(20)19-9-13(7-17)14(10-19)12-5-3-2-4-6-12/h2-6,8,13-14H,7,9-10,17H2,1H3/t13-,14+/m1/s1. The molecule has 110 valence electrons. The van der Waals surface area contributed by atoms with Crippen molar-refractivity contribution in [1.29, 1.82) is 0 Å². The molecule has 0 saturated carbocycles. The first-order valence-corrected chi connectivity index (χ1v) is 7.97. The quantitative estimate of drug-likeness (QED) is 0.946. The second kappa shape index (κ2) is 5.95. The van der Waals surface area contributed by atoms with Gasteiger partial charge in [-0.25, -0.2) is 4.98 Å². The van der Waals surface area contributed by atoms with Gasteiger partial charge in [0.1, 0.15) is 4.88 Å². The number of carbonyl (C=O) groups excluding carboxylic acids is 1. The number of aryl methyl sites for hydroxylation is 1. The number of thiazole rings is 1. The molecule has 4 nitrogen and oxygen atoms in total. The van der Waals surface area contributed by atoms with Crippen molar-refractivity contribution in [2.24, 2.45) is 11.7 Å². The highest BCUT2D eigenvalue weighted by Gasteiger charge is 2.35. The summed E-state index contributed by atoms with van der Waals surface area (Å²) in [5.41, 5.74) is 7.19. The Hall–Kier alpha value is -1.72. The Kier molecular flexibility index (Phi) is 4.03. The molecule has 1 fully saturated rings. The molecule has 0 bridgehead atoms. The molecule has 5 heteroatoms. The van der Waals surface area contributed by atoms with E-state index in [2.05, 4.69) is 17.1 Å². The van der Waals surface area contributed by atoms with E-state index in [-0.39, 0.29) is 5.91 Å². The van der Waals surface area contributed by atoms with Crippen molar-refractivity contribution in [2.75, 3.05) is 19.6 Å². The van der Waals surface area contributed by atoms with Crippen LogP contribution in [0.1, 0.15) is 26.2 Å². The molecule has 1 aliphatic rings. The summed E-state index contributed by atoms with van der Waals surface area (Å²) in [7, 11) is 0. The molecular formula is C16H19N3OS. The van der Waals surface area contributed by atoms with E-state index in [0.717, 1.165) is 23.0 Å². The van der Waals surface area contributed by atoms with Crippen molar-refractivity contribution in [2.45, 2.75) is 12.8 Å². The molecule has 1 aromatic carbocycles. The van der Waals surface area contributed by atoms with Gasteiger partial charge in [0.05, 0.1) is 11.2 Å². The van der Waals surface area contributed by atoms with Crippen molar-refractivity contribution < 1.29 is 4.79 Å². The van der Waals surface area contributed by atoms with Crippen LogP contribution in [0.3, 0.4) is 0 Å². The lowest BCUT2D eigenvalue weighted by Gasteiger charge is -2.16. The van der Waals surface area contributed by atoms with Crippen molar-refractivity contribution >= 4 is 17.2 Å². The summed E-state index contributed by atoms with van der Waals surface area (Å²) in [6, 6.07) is 10.3. The predicted octanol–water partition coefficient (Wildman–Crippen LogP) is 2.27. The molecule has 2 atom stereocenters. The zero-order chi connectivity index (χ0) is 14.8. The van der Waals surface area contributed by atoms with Gasteiger partial charge in [-0.05, 0) is 24.9 Å². The van der Waals surface area contributed by atoms with Crippen LogP contribution in [0.25, 0.3) is 0 Å². The second-order valence-electron chi connectivity index (χ2n) is 5.47. The van der Waals surface area contributed by atoms with E-state index in [1.54, 1.807) is 6.20 Å². The van der Waals surface area contributed by atoms with E-state index < -0.39 is 0 Å². The molecule has 3 rings (SSSR count). The van der Waals surface area contributed by atoms with Crippen molar-refractivity contribution in [1.82, 2.24) is 9.88 Å². The topological polar surface area (TPSA) is 59.2 Å². The number of benzene rings is 1. The van der Waals surface area contributed by atoms with Gasteiger partial charge in [-0.15, -0.1) is 11.3 Å². The Morgan fingerprint density at radius 1 is 1.38 bits per heavy atom. The van der Waals surface area contributed by atoms with E-state index in [1.165, 1.54) is 16.9 Å². The molecule has 2 heterocycles. The first-order chi connectivity index (χ1) is 10.2. The fraction of sp³-hybridized carbons (Fsp3) is 0.375. The molecule has 1 aliphatic heterocycles. The third-order valence-electron chi connectivity index (χ3n) is 4.09. The molecule has 1 saturated heterocycles. The Morgan fingerprint density at radius 2 is 2.14 bits per heavy atom. The van der Waals surface area contributed by atoms with Crippen LogP contribution < -0.4 is 5.73 Å². The number of likely N-dealkylation sites (tertiary alicyclic amines) is 1. The molecular weight excluding hydrogens is 282 g/mol. The molecule has 1 amide bonds. The number of carbonyl (C=O) groups is 1. The number of nitrogens with zero attached hydrogens (tertiary/aromatic N) is 2. The first-order valence-electron chi connectivity index (χ1n) is 7.15. The van der Waals surface area contributed by atoms with Gasteiger partial charge in [0, 0.05) is 19.0 Å². The lowest BCUT2D eigenvalue weighted by atomic mass is 9.89. The van der Waals surface area contributed by atoms with Gasteiger partial charge >= 0.3 is 0 Å². The fourth-order valence-electron chi connectivity index (χ4n) is 2.97. The highest BCUT2D eigenvalue weighted by Crippen LogP contribution is 2.33. The van der Waals surface area contributed by atoms with Crippen LogP contribution in [-0.2, 0) is 0 Å². The minimum absolute atomic E-state index is 0.0810.